The Balaban J connectivity index is 0.000000221. The maximum atomic E-state index is 12.7. The van der Waals surface area contributed by atoms with Crippen LogP contribution in [0.3, 0.4) is 0 Å². The van der Waals surface area contributed by atoms with Crippen LogP contribution in [0.1, 0.15) is 28.1 Å². The van der Waals surface area contributed by atoms with E-state index in [1.165, 1.54) is 24.3 Å². The zero-order chi connectivity index (χ0) is 26.3. The molecule has 0 N–H and O–H groups in total. The van der Waals surface area contributed by atoms with E-state index < -0.39 is 29.3 Å². The average Bonchev–Trinajstić information content (AvgIpc) is 3.32. The molecule has 3 aromatic carbocycles. The molecule has 3 nitrogen and oxygen atoms in total. The molecule has 0 bridgehead atoms. The van der Waals surface area contributed by atoms with Crippen LogP contribution in [-0.2, 0) is 18.9 Å². The first-order chi connectivity index (χ1) is 17.0. The average molecular weight is 497 g/mol. The Hall–Kier alpha value is -4.00. The van der Waals surface area contributed by atoms with Crippen LogP contribution in [0.25, 0.3) is 11.4 Å². The molecule has 4 rings (SSSR count). The zero-order valence-electron chi connectivity index (χ0n) is 18.6. The lowest BCUT2D eigenvalue weighted by atomic mass is 9.75. The minimum atomic E-state index is -4.54. The number of nitriles is 1. The van der Waals surface area contributed by atoms with Gasteiger partial charge < -0.3 is 4.57 Å². The Kier molecular flexibility index (Phi) is 8.25. The summed E-state index contributed by atoms with van der Waals surface area (Å²) in [5.74, 6) is -0.239. The number of rotatable bonds is 4. The van der Waals surface area contributed by atoms with E-state index in [0.717, 1.165) is 35.7 Å². The fraction of sp³-hybridized carbons (Fsp3) is 0.154. The number of hydrogen-bond acceptors (Lipinski definition) is 2. The van der Waals surface area contributed by atoms with Gasteiger partial charge in [0, 0.05) is 18.0 Å². The summed E-state index contributed by atoms with van der Waals surface area (Å²) >= 11 is 0. The predicted molar refractivity (Wildman–Crippen MR) is 124 cm³/mol. The molecule has 0 amide bonds. The second kappa shape index (κ2) is 11.2. The number of imidazole rings is 1. The third-order valence-corrected chi connectivity index (χ3v) is 5.13. The molecule has 0 fully saturated rings. The summed E-state index contributed by atoms with van der Waals surface area (Å²) in [5.41, 5.74) is -0.573. The topological polar surface area (TPSA) is 41.6 Å². The SMILES string of the molecule is N#CCn1ccnc1-c1ccccc1.[B]C(c1cccc(C(F)(F)F)c1)c1cccc(C(F)(F)F)c1. The molecule has 0 saturated carbocycles. The molecule has 2 radical (unpaired) electrons. The number of benzene rings is 3. The van der Waals surface area contributed by atoms with Gasteiger partial charge >= 0.3 is 12.4 Å². The minimum absolute atomic E-state index is 0.0918. The van der Waals surface area contributed by atoms with Crippen molar-refractivity contribution in [3.63, 3.8) is 0 Å². The van der Waals surface area contributed by atoms with Gasteiger partial charge in [-0.05, 0) is 29.1 Å². The number of alkyl halides is 6. The van der Waals surface area contributed by atoms with Crippen molar-refractivity contribution in [3.8, 4) is 17.5 Å². The lowest BCUT2D eigenvalue weighted by molar-refractivity contribution is -0.138. The van der Waals surface area contributed by atoms with Crippen LogP contribution in [-0.4, -0.2) is 17.4 Å². The van der Waals surface area contributed by atoms with Crippen LogP contribution in [0.15, 0.2) is 91.3 Å². The maximum Gasteiger partial charge on any atom is 0.416 e. The van der Waals surface area contributed by atoms with Gasteiger partial charge in [-0.25, -0.2) is 4.98 Å². The largest absolute Gasteiger partial charge is 0.416 e. The second-order valence-corrected chi connectivity index (χ2v) is 7.63. The van der Waals surface area contributed by atoms with Crippen molar-refractivity contribution in [2.75, 3.05) is 0 Å². The molecule has 0 saturated heterocycles. The van der Waals surface area contributed by atoms with Crippen LogP contribution in [0.2, 0.25) is 0 Å². The molecule has 0 aliphatic heterocycles. The summed E-state index contributed by atoms with van der Waals surface area (Å²) in [6.45, 7) is 0.338. The summed E-state index contributed by atoms with van der Waals surface area (Å²) in [6, 6.07) is 20.4. The molecular formula is C26H18BF6N3. The minimum Gasteiger partial charge on any atom is -0.317 e. The summed E-state index contributed by atoms with van der Waals surface area (Å²) < 4.78 is 77.8. The van der Waals surface area contributed by atoms with Crippen LogP contribution in [0, 0.1) is 11.3 Å². The molecule has 36 heavy (non-hydrogen) atoms. The van der Waals surface area contributed by atoms with E-state index in [2.05, 4.69) is 11.1 Å². The number of aromatic nitrogens is 2. The molecule has 182 valence electrons. The van der Waals surface area contributed by atoms with Gasteiger partial charge in [-0.3, -0.25) is 0 Å². The lowest BCUT2D eigenvalue weighted by Crippen LogP contribution is -2.09. The molecule has 0 aliphatic rings. The summed E-state index contributed by atoms with van der Waals surface area (Å²) in [6.07, 6.45) is -5.56. The van der Waals surface area contributed by atoms with Crippen LogP contribution in [0.5, 0.6) is 0 Å². The van der Waals surface area contributed by atoms with Crippen LogP contribution >= 0.6 is 0 Å². The van der Waals surface area contributed by atoms with Gasteiger partial charge in [0.2, 0.25) is 0 Å². The third kappa shape index (κ3) is 6.78. The highest BCUT2D eigenvalue weighted by Gasteiger charge is 2.32. The highest BCUT2D eigenvalue weighted by Crippen LogP contribution is 2.34. The first kappa shape index (κ1) is 26.6. The van der Waals surface area contributed by atoms with E-state index in [4.69, 9.17) is 13.1 Å². The number of halogens is 6. The van der Waals surface area contributed by atoms with E-state index >= 15 is 0 Å². The van der Waals surface area contributed by atoms with Crippen molar-refractivity contribution < 1.29 is 26.3 Å². The van der Waals surface area contributed by atoms with Gasteiger partial charge in [0.15, 0.2) is 0 Å². The van der Waals surface area contributed by atoms with E-state index in [9.17, 15) is 26.3 Å². The van der Waals surface area contributed by atoms with Crippen LogP contribution in [0.4, 0.5) is 26.3 Å². The Morgan fingerprint density at radius 2 is 1.33 bits per heavy atom. The summed E-state index contributed by atoms with van der Waals surface area (Å²) in [7, 11) is 5.81. The Labute approximate surface area is 205 Å². The molecule has 4 aromatic rings. The Morgan fingerprint density at radius 3 is 1.81 bits per heavy atom. The second-order valence-electron chi connectivity index (χ2n) is 7.63. The standard InChI is InChI=1S/C15H9BF6.C11H9N3/c16-13(9-3-1-5-11(7-9)14(17,18)19)10-4-2-6-12(8-10)15(20,21)22;12-6-8-14-9-7-13-11(14)10-4-2-1-3-5-10/h1-8,13H;1-5,7,9H,8H2. The smallest absolute Gasteiger partial charge is 0.317 e. The van der Waals surface area contributed by atoms with Crippen molar-refractivity contribution in [1.82, 2.24) is 9.55 Å². The fourth-order valence-electron chi connectivity index (χ4n) is 3.37. The quantitative estimate of drug-likeness (QED) is 0.224. The van der Waals surface area contributed by atoms with Crippen molar-refractivity contribution in [3.05, 3.63) is 114 Å². The van der Waals surface area contributed by atoms with Gasteiger partial charge in [0.05, 0.1) is 25.0 Å². The molecule has 0 atom stereocenters. The third-order valence-electron chi connectivity index (χ3n) is 5.13. The highest BCUT2D eigenvalue weighted by molar-refractivity contribution is 6.14. The van der Waals surface area contributed by atoms with Gasteiger partial charge in [-0.1, -0.05) is 66.7 Å². The normalized spacial score (nSPS) is 11.5. The van der Waals surface area contributed by atoms with E-state index in [-0.39, 0.29) is 11.1 Å². The molecule has 0 unspecified atom stereocenters. The first-order valence-corrected chi connectivity index (χ1v) is 10.5. The van der Waals surface area contributed by atoms with E-state index in [1.807, 2.05) is 41.1 Å². The molecule has 1 aromatic heterocycles. The lowest BCUT2D eigenvalue weighted by Gasteiger charge is -2.17. The van der Waals surface area contributed by atoms with Crippen molar-refractivity contribution in [2.24, 2.45) is 0 Å². The molecule has 0 aliphatic carbocycles. The predicted octanol–water partition coefficient (Wildman–Crippen LogP) is 7.06. The maximum absolute atomic E-state index is 12.7. The van der Waals surface area contributed by atoms with Gasteiger partial charge in [0.1, 0.15) is 12.4 Å². The fourth-order valence-corrected chi connectivity index (χ4v) is 3.37. The Morgan fingerprint density at radius 1 is 0.806 bits per heavy atom. The van der Waals surface area contributed by atoms with Crippen molar-refractivity contribution in [1.29, 1.82) is 5.26 Å². The molecule has 1 heterocycles. The van der Waals surface area contributed by atoms with Gasteiger partial charge in [-0.2, -0.15) is 31.6 Å². The van der Waals surface area contributed by atoms with Gasteiger partial charge in [-0.15, -0.1) is 0 Å². The van der Waals surface area contributed by atoms with E-state index in [1.54, 1.807) is 6.20 Å². The summed E-state index contributed by atoms with van der Waals surface area (Å²) in [5, 5.41) is 8.61. The van der Waals surface area contributed by atoms with Crippen molar-refractivity contribution >= 4 is 7.85 Å². The molecule has 0 spiro atoms. The highest BCUT2D eigenvalue weighted by atomic mass is 19.4. The zero-order valence-corrected chi connectivity index (χ0v) is 18.6. The number of nitrogens with zero attached hydrogens (tertiary/aromatic N) is 3. The Bertz CT molecular complexity index is 1270. The van der Waals surface area contributed by atoms with Crippen LogP contribution < -0.4 is 0 Å². The molecule has 10 heteroatoms. The first-order valence-electron chi connectivity index (χ1n) is 10.5. The van der Waals surface area contributed by atoms with Gasteiger partial charge in [0.25, 0.3) is 0 Å². The van der Waals surface area contributed by atoms with Crippen molar-refractivity contribution in [2.45, 2.75) is 24.7 Å². The van der Waals surface area contributed by atoms with E-state index in [0.29, 0.717) is 6.54 Å². The number of hydrogen-bond donors (Lipinski definition) is 0. The molecular weight excluding hydrogens is 479 g/mol. The summed E-state index contributed by atoms with van der Waals surface area (Å²) in [4.78, 5) is 4.22. The monoisotopic (exact) mass is 497 g/mol.